The van der Waals surface area contributed by atoms with Crippen LogP contribution in [-0.2, 0) is 23.6 Å². The molecule has 0 radical (unpaired) electrons. The minimum absolute atomic E-state index is 0.362. The lowest BCUT2D eigenvalue weighted by atomic mass is 9.97. The molecule has 1 atom stereocenters. The van der Waals surface area contributed by atoms with Crippen LogP contribution in [0.3, 0.4) is 0 Å². The number of hydrogen-bond donors (Lipinski definition) is 1. The van der Waals surface area contributed by atoms with Crippen LogP contribution in [0.4, 0.5) is 5.69 Å². The monoisotopic (exact) mass is 540 g/mol. The molecule has 7 nitrogen and oxygen atoms in total. The van der Waals surface area contributed by atoms with Gasteiger partial charge in [0.25, 0.3) is 0 Å². The fourth-order valence-electron chi connectivity index (χ4n) is 4.02. The normalized spacial score (nSPS) is 15.9. The Bertz CT molecular complexity index is 1280. The van der Waals surface area contributed by atoms with E-state index in [9.17, 15) is 8.42 Å². The summed E-state index contributed by atoms with van der Waals surface area (Å²) in [4.78, 5) is 0. The second kappa shape index (κ2) is 10.8. The summed E-state index contributed by atoms with van der Waals surface area (Å²) in [6, 6.07) is 10.8. The van der Waals surface area contributed by atoms with Crippen LogP contribution in [-0.4, -0.2) is 41.7 Å². The SMILES string of the molecule is Cn1c(SCCCC2CCc3cc(OS(C)(=O)=O)ccc3NC2)nnc1-c1ccc(Cl)cc1Cl. The summed E-state index contributed by atoms with van der Waals surface area (Å²) in [5, 5.41) is 14.1. The zero-order chi connectivity index (χ0) is 24.3. The van der Waals surface area contributed by atoms with Crippen LogP contribution in [0.2, 0.25) is 10.0 Å². The molecular weight excluding hydrogens is 515 g/mol. The smallest absolute Gasteiger partial charge is 0.306 e. The predicted molar refractivity (Wildman–Crippen MR) is 139 cm³/mol. The van der Waals surface area contributed by atoms with E-state index in [-0.39, 0.29) is 0 Å². The summed E-state index contributed by atoms with van der Waals surface area (Å²) in [7, 11) is -1.59. The fourth-order valence-corrected chi connectivity index (χ4v) is 5.84. The number of rotatable bonds is 8. The lowest BCUT2D eigenvalue weighted by Gasteiger charge is -2.14. The third-order valence-corrected chi connectivity index (χ3v) is 7.87. The van der Waals surface area contributed by atoms with Gasteiger partial charge < -0.3 is 14.1 Å². The molecule has 0 fully saturated rings. The lowest BCUT2D eigenvalue weighted by Crippen LogP contribution is -2.12. The highest BCUT2D eigenvalue weighted by Gasteiger charge is 2.18. The molecule has 0 saturated heterocycles. The molecule has 3 aromatic rings. The van der Waals surface area contributed by atoms with Gasteiger partial charge in [0.15, 0.2) is 11.0 Å². The molecule has 4 rings (SSSR count). The fraction of sp³-hybridized carbons (Fsp3) is 0.391. The van der Waals surface area contributed by atoms with Crippen molar-refractivity contribution < 1.29 is 12.6 Å². The van der Waals surface area contributed by atoms with Crippen molar-refractivity contribution in [2.45, 2.75) is 30.8 Å². The molecule has 0 aliphatic carbocycles. The van der Waals surface area contributed by atoms with Gasteiger partial charge in [-0.3, -0.25) is 0 Å². The lowest BCUT2D eigenvalue weighted by molar-refractivity contribution is 0.475. The number of thioether (sulfide) groups is 1. The van der Waals surface area contributed by atoms with Crippen molar-refractivity contribution in [1.29, 1.82) is 0 Å². The highest BCUT2D eigenvalue weighted by Crippen LogP contribution is 2.32. The van der Waals surface area contributed by atoms with Crippen molar-refractivity contribution in [3.63, 3.8) is 0 Å². The first kappa shape index (κ1) is 25.2. The second-order valence-corrected chi connectivity index (χ2v) is 11.9. The number of nitrogens with one attached hydrogen (secondary N) is 1. The summed E-state index contributed by atoms with van der Waals surface area (Å²) in [5.41, 5.74) is 2.94. The topological polar surface area (TPSA) is 86.1 Å². The van der Waals surface area contributed by atoms with Gasteiger partial charge in [-0.15, -0.1) is 10.2 Å². The Labute approximate surface area is 214 Å². The molecule has 1 unspecified atom stereocenters. The molecule has 1 aromatic heterocycles. The third-order valence-electron chi connectivity index (χ3n) is 5.72. The highest BCUT2D eigenvalue weighted by molar-refractivity contribution is 7.99. The molecule has 34 heavy (non-hydrogen) atoms. The Balaban J connectivity index is 1.28. The molecular formula is C23H26Cl2N4O3S2. The van der Waals surface area contributed by atoms with E-state index in [1.54, 1.807) is 30.0 Å². The van der Waals surface area contributed by atoms with Crippen LogP contribution in [0, 0.1) is 5.92 Å². The van der Waals surface area contributed by atoms with E-state index in [1.807, 2.05) is 29.8 Å². The molecule has 1 aliphatic rings. The van der Waals surface area contributed by atoms with Crippen molar-refractivity contribution in [2.75, 3.05) is 23.9 Å². The minimum Gasteiger partial charge on any atom is -0.385 e. The van der Waals surface area contributed by atoms with Gasteiger partial charge in [0.1, 0.15) is 5.75 Å². The van der Waals surface area contributed by atoms with E-state index in [0.29, 0.717) is 27.5 Å². The van der Waals surface area contributed by atoms with E-state index < -0.39 is 10.1 Å². The third kappa shape index (κ3) is 6.38. The first-order valence-electron chi connectivity index (χ1n) is 10.9. The Hall–Kier alpha value is -1.94. The van der Waals surface area contributed by atoms with Gasteiger partial charge in [-0.25, -0.2) is 0 Å². The molecule has 1 N–H and O–H groups in total. The van der Waals surface area contributed by atoms with Crippen LogP contribution in [0.5, 0.6) is 5.75 Å². The summed E-state index contributed by atoms with van der Waals surface area (Å²) >= 11 is 14.0. The second-order valence-electron chi connectivity index (χ2n) is 8.37. The van der Waals surface area contributed by atoms with E-state index >= 15 is 0 Å². The predicted octanol–water partition coefficient (Wildman–Crippen LogP) is 5.67. The summed E-state index contributed by atoms with van der Waals surface area (Å²) in [6.45, 7) is 0.896. The number of hydrogen-bond acceptors (Lipinski definition) is 7. The summed E-state index contributed by atoms with van der Waals surface area (Å²) in [6.07, 6.45) is 5.12. The maximum atomic E-state index is 11.4. The van der Waals surface area contributed by atoms with E-state index in [2.05, 4.69) is 15.5 Å². The maximum Gasteiger partial charge on any atom is 0.306 e. The van der Waals surface area contributed by atoms with Gasteiger partial charge in [0.2, 0.25) is 0 Å². The molecule has 2 heterocycles. The van der Waals surface area contributed by atoms with Gasteiger partial charge in [-0.05, 0) is 73.6 Å². The zero-order valence-electron chi connectivity index (χ0n) is 18.9. The first-order valence-corrected chi connectivity index (χ1v) is 14.5. The largest absolute Gasteiger partial charge is 0.385 e. The number of aromatic nitrogens is 3. The molecule has 1 aliphatic heterocycles. The quantitative estimate of drug-likeness (QED) is 0.223. The zero-order valence-corrected chi connectivity index (χ0v) is 22.1. The number of fused-ring (bicyclic) bond motifs is 1. The Morgan fingerprint density at radius 1 is 1.21 bits per heavy atom. The van der Waals surface area contributed by atoms with Crippen molar-refractivity contribution in [3.05, 3.63) is 52.0 Å². The van der Waals surface area contributed by atoms with Gasteiger partial charge in [-0.2, -0.15) is 8.42 Å². The van der Waals surface area contributed by atoms with Crippen LogP contribution in [0.1, 0.15) is 24.8 Å². The average molecular weight is 542 g/mol. The Kier molecular flexibility index (Phi) is 7.97. The van der Waals surface area contributed by atoms with Gasteiger partial charge in [0, 0.05) is 35.6 Å². The first-order chi connectivity index (χ1) is 16.2. The molecule has 182 valence electrons. The molecule has 2 aromatic carbocycles. The maximum absolute atomic E-state index is 11.4. The minimum atomic E-state index is -3.53. The van der Waals surface area contributed by atoms with Crippen LogP contribution in [0.15, 0.2) is 41.6 Å². The van der Waals surface area contributed by atoms with E-state index in [0.717, 1.165) is 66.2 Å². The van der Waals surface area contributed by atoms with Crippen molar-refractivity contribution >= 4 is 50.8 Å². The summed E-state index contributed by atoms with van der Waals surface area (Å²) in [5.74, 6) is 2.56. The van der Waals surface area contributed by atoms with Crippen LogP contribution in [0.25, 0.3) is 11.4 Å². The van der Waals surface area contributed by atoms with E-state index in [4.69, 9.17) is 27.4 Å². The highest BCUT2D eigenvalue weighted by atomic mass is 35.5. The molecule has 0 saturated carbocycles. The number of benzene rings is 2. The molecule has 0 amide bonds. The van der Waals surface area contributed by atoms with Crippen molar-refractivity contribution in [2.24, 2.45) is 13.0 Å². The number of nitrogens with zero attached hydrogens (tertiary/aromatic N) is 3. The molecule has 0 bridgehead atoms. The number of halogens is 2. The Morgan fingerprint density at radius 2 is 2.03 bits per heavy atom. The van der Waals surface area contributed by atoms with Gasteiger partial charge in [0.05, 0.1) is 11.3 Å². The van der Waals surface area contributed by atoms with Crippen LogP contribution < -0.4 is 9.50 Å². The Morgan fingerprint density at radius 3 is 2.79 bits per heavy atom. The summed E-state index contributed by atoms with van der Waals surface area (Å²) < 4.78 is 29.8. The van der Waals surface area contributed by atoms with E-state index in [1.165, 1.54) is 0 Å². The van der Waals surface area contributed by atoms with Gasteiger partial charge >= 0.3 is 10.1 Å². The van der Waals surface area contributed by atoms with Gasteiger partial charge in [-0.1, -0.05) is 35.0 Å². The number of aryl methyl sites for hydroxylation is 1. The average Bonchev–Trinajstić information content (AvgIpc) is 2.99. The van der Waals surface area contributed by atoms with Crippen LogP contribution >= 0.6 is 35.0 Å². The molecule has 0 spiro atoms. The van der Waals surface area contributed by atoms with Crippen molar-refractivity contribution in [3.8, 4) is 17.1 Å². The van der Waals surface area contributed by atoms with Crippen molar-refractivity contribution in [1.82, 2.24) is 14.8 Å². The number of anilines is 1. The standard InChI is InChI=1S/C23H26Cl2N4O3S2/c1-29-22(19-9-7-17(24)13-20(19)25)27-28-23(29)33-11-3-4-15-5-6-16-12-18(32-34(2,30)31)8-10-21(16)26-14-15/h7-10,12-13,15,26H,3-6,11,14H2,1-2H3. The molecule has 11 heteroatoms.